The topological polar surface area (TPSA) is 0 Å². The van der Waals surface area contributed by atoms with Crippen LogP contribution in [-0.2, 0) is 0 Å². The highest BCUT2D eigenvalue weighted by Crippen LogP contribution is 2.28. The van der Waals surface area contributed by atoms with Crippen molar-refractivity contribution in [2.24, 2.45) is 0 Å². The first-order valence-electron chi connectivity index (χ1n) is 3.57. The molecule has 0 radical (unpaired) electrons. The molecule has 1 aliphatic carbocycles. The van der Waals surface area contributed by atoms with Gasteiger partial charge < -0.3 is 0 Å². The van der Waals surface area contributed by atoms with Crippen LogP contribution in [0.15, 0.2) is 22.9 Å². The maximum Gasteiger partial charge on any atom is 0.177 e. The molecule has 1 aliphatic rings. The summed E-state index contributed by atoms with van der Waals surface area (Å²) in [5, 5.41) is 1.46. The number of halogens is 1. The second kappa shape index (κ2) is 2.55. The van der Waals surface area contributed by atoms with Gasteiger partial charge in [0.25, 0.3) is 0 Å². The number of allylic oxidation sites excluding steroid dienone is 4. The zero-order valence-corrected chi connectivity index (χ0v) is 8.50. The van der Waals surface area contributed by atoms with E-state index in [1.807, 2.05) is 0 Å². The Morgan fingerprint density at radius 1 is 1.50 bits per heavy atom. The normalized spacial score (nSPS) is 18.8. The Hall–Kier alpha value is -0.0131. The Bertz CT molecular complexity index is 196. The molecule has 0 fully saturated rings. The summed E-state index contributed by atoms with van der Waals surface area (Å²) < 4.78 is 0. The zero-order chi connectivity index (χ0) is 7.78. The average Bonchev–Trinajstić information content (AvgIpc) is 2.11. The first kappa shape index (κ1) is 8.09. The molecule has 0 aromatic carbocycles. The fourth-order valence-corrected chi connectivity index (χ4v) is 2.63. The fraction of sp³-hybridized carbons (Fsp3) is 0.500. The predicted molar refractivity (Wildman–Crippen MR) is 49.8 cm³/mol. The zero-order valence-electron chi connectivity index (χ0n) is 6.74. The summed E-state index contributed by atoms with van der Waals surface area (Å²) in [6.07, 6.45) is 5.57. The van der Waals surface area contributed by atoms with Crippen LogP contribution in [0.4, 0.5) is 0 Å². The van der Waals surface area contributed by atoms with E-state index in [4.69, 9.17) is 11.1 Å². The second-order valence-corrected chi connectivity index (χ2v) is 9.72. The van der Waals surface area contributed by atoms with Gasteiger partial charge in [0.1, 0.15) is 0 Å². The molecule has 0 unspecified atom stereocenters. The van der Waals surface area contributed by atoms with Gasteiger partial charge in [-0.1, -0.05) is 36.0 Å². The molecule has 2 heteroatoms. The van der Waals surface area contributed by atoms with Crippen LogP contribution in [0, 0.1) is 0 Å². The summed E-state index contributed by atoms with van der Waals surface area (Å²) in [5.41, 5.74) is 1.37. The van der Waals surface area contributed by atoms with Gasteiger partial charge in [-0.25, -0.2) is 0 Å². The van der Waals surface area contributed by atoms with Crippen LogP contribution in [0.5, 0.6) is 0 Å². The van der Waals surface area contributed by atoms with Crippen LogP contribution in [0.2, 0.25) is 13.1 Å². The quantitative estimate of drug-likeness (QED) is 0.421. The van der Waals surface area contributed by atoms with Crippen molar-refractivity contribution >= 4 is 18.5 Å². The van der Waals surface area contributed by atoms with Crippen LogP contribution in [0.25, 0.3) is 0 Å². The van der Waals surface area contributed by atoms with E-state index in [-0.39, 0.29) is 0 Å². The molecular formula is C8H13ClSi. The molecule has 0 nitrogen and oxygen atoms in total. The lowest BCUT2D eigenvalue weighted by Gasteiger charge is -2.13. The van der Waals surface area contributed by atoms with E-state index in [9.17, 15) is 0 Å². The molecule has 0 amide bonds. The minimum absolute atomic E-state index is 1.09. The summed E-state index contributed by atoms with van der Waals surface area (Å²) in [4.78, 5) is 0. The van der Waals surface area contributed by atoms with Gasteiger partial charge in [0, 0.05) is 0 Å². The molecule has 10 heavy (non-hydrogen) atoms. The van der Waals surface area contributed by atoms with Crippen LogP contribution in [0.1, 0.15) is 13.3 Å². The van der Waals surface area contributed by atoms with Gasteiger partial charge in [0.2, 0.25) is 0 Å². The molecule has 0 N–H and O–H groups in total. The minimum Gasteiger partial charge on any atom is -0.162 e. The highest BCUT2D eigenvalue weighted by molar-refractivity contribution is 7.23. The van der Waals surface area contributed by atoms with E-state index in [0.717, 1.165) is 6.42 Å². The molecule has 56 valence electrons. The van der Waals surface area contributed by atoms with Crippen molar-refractivity contribution in [1.29, 1.82) is 0 Å². The lowest BCUT2D eigenvalue weighted by atomic mass is 10.3. The highest BCUT2D eigenvalue weighted by Gasteiger charge is 2.23. The van der Waals surface area contributed by atoms with Crippen LogP contribution < -0.4 is 0 Å². The molecule has 0 aromatic rings. The van der Waals surface area contributed by atoms with E-state index in [1.165, 1.54) is 10.8 Å². The van der Waals surface area contributed by atoms with E-state index >= 15 is 0 Å². The Morgan fingerprint density at radius 3 is 2.30 bits per heavy atom. The highest BCUT2D eigenvalue weighted by atomic mass is 35.6. The predicted octanol–water partition coefficient (Wildman–Crippen LogP) is 3.25. The maximum absolute atomic E-state index is 6.24. The third kappa shape index (κ3) is 1.74. The van der Waals surface area contributed by atoms with Gasteiger partial charge in [-0.2, -0.15) is 11.1 Å². The van der Waals surface area contributed by atoms with E-state index in [0.29, 0.717) is 0 Å². The lowest BCUT2D eigenvalue weighted by Crippen LogP contribution is -2.19. The molecule has 1 rings (SSSR count). The maximum atomic E-state index is 6.24. The molecule has 0 atom stereocenters. The van der Waals surface area contributed by atoms with Gasteiger partial charge in [-0.15, -0.1) is 0 Å². The fourth-order valence-electron chi connectivity index (χ4n) is 1.08. The van der Waals surface area contributed by atoms with Gasteiger partial charge in [0.15, 0.2) is 7.38 Å². The van der Waals surface area contributed by atoms with Crippen molar-refractivity contribution in [3.05, 3.63) is 22.9 Å². The van der Waals surface area contributed by atoms with E-state index < -0.39 is 7.38 Å². The van der Waals surface area contributed by atoms with Crippen molar-refractivity contribution in [3.8, 4) is 0 Å². The largest absolute Gasteiger partial charge is 0.177 e. The molecule has 0 aromatic heterocycles. The van der Waals surface area contributed by atoms with Gasteiger partial charge in [-0.3, -0.25) is 0 Å². The number of rotatable bonds is 1. The van der Waals surface area contributed by atoms with Crippen molar-refractivity contribution < 1.29 is 0 Å². The van der Waals surface area contributed by atoms with Crippen LogP contribution >= 0.6 is 11.1 Å². The Kier molecular flexibility index (Phi) is 2.06. The lowest BCUT2D eigenvalue weighted by molar-refractivity contribution is 1.36. The van der Waals surface area contributed by atoms with Crippen molar-refractivity contribution in [3.63, 3.8) is 0 Å². The van der Waals surface area contributed by atoms with E-state index in [2.05, 4.69) is 32.2 Å². The summed E-state index contributed by atoms with van der Waals surface area (Å²) in [7, 11) is -1.48. The minimum atomic E-state index is -1.48. The number of hydrogen-bond acceptors (Lipinski definition) is 0. The Balaban J connectivity index is 2.73. The monoisotopic (exact) mass is 172 g/mol. The van der Waals surface area contributed by atoms with Gasteiger partial charge in [-0.05, 0) is 13.3 Å². The number of hydrogen-bond donors (Lipinski definition) is 0. The Labute approximate surface area is 68.3 Å². The van der Waals surface area contributed by atoms with Crippen LogP contribution in [-0.4, -0.2) is 7.38 Å². The summed E-state index contributed by atoms with van der Waals surface area (Å²) in [6, 6.07) is 0. The third-order valence-electron chi connectivity index (χ3n) is 1.81. The molecule has 0 saturated heterocycles. The molecule has 0 aliphatic heterocycles. The summed E-state index contributed by atoms with van der Waals surface area (Å²) in [6.45, 7) is 6.48. The Morgan fingerprint density at radius 2 is 2.10 bits per heavy atom. The SMILES string of the molecule is CC1=CCC([Si](C)(C)Cl)=C1. The summed E-state index contributed by atoms with van der Waals surface area (Å²) in [5.74, 6) is 0. The second-order valence-electron chi connectivity index (χ2n) is 3.29. The molecule has 0 bridgehead atoms. The average molecular weight is 173 g/mol. The first-order valence-corrected chi connectivity index (χ1v) is 7.58. The van der Waals surface area contributed by atoms with E-state index in [1.54, 1.807) is 0 Å². The first-order chi connectivity index (χ1) is 4.50. The van der Waals surface area contributed by atoms with Gasteiger partial charge in [0.05, 0.1) is 0 Å². The molecule has 0 saturated carbocycles. The van der Waals surface area contributed by atoms with Crippen molar-refractivity contribution in [2.75, 3.05) is 0 Å². The molecule has 0 spiro atoms. The van der Waals surface area contributed by atoms with Crippen LogP contribution in [0.3, 0.4) is 0 Å². The van der Waals surface area contributed by atoms with Crippen molar-refractivity contribution in [1.82, 2.24) is 0 Å². The molecule has 0 heterocycles. The smallest absolute Gasteiger partial charge is 0.162 e. The van der Waals surface area contributed by atoms with Gasteiger partial charge >= 0.3 is 0 Å². The molecular weight excluding hydrogens is 160 g/mol. The van der Waals surface area contributed by atoms with Crippen molar-refractivity contribution in [2.45, 2.75) is 26.4 Å². The third-order valence-corrected chi connectivity index (χ3v) is 4.41. The standard InChI is InChI=1S/C8H13ClSi/c1-7-4-5-8(6-7)10(2,3)9/h4,6H,5H2,1-3H3. The summed E-state index contributed by atoms with van der Waals surface area (Å²) >= 11 is 6.24.